The van der Waals surface area contributed by atoms with Crippen molar-refractivity contribution in [3.8, 4) is 0 Å². The Hall–Kier alpha value is -1.70. The van der Waals surface area contributed by atoms with Crippen molar-refractivity contribution in [3.63, 3.8) is 0 Å². The van der Waals surface area contributed by atoms with E-state index in [9.17, 15) is 0 Å². The number of allylic oxidation sites excluding steroid dienone is 5. The molecule has 0 amide bonds. The van der Waals surface area contributed by atoms with Gasteiger partial charge >= 0.3 is 0 Å². The Morgan fingerprint density at radius 2 is 1.16 bits per heavy atom. The van der Waals surface area contributed by atoms with Crippen LogP contribution in [0.1, 0.15) is 48.5 Å². The SMILES string of the molecule is C=CC(=N/C=C\C)C(/C=C\C)=N/C=C\C.CC.CC. The first-order valence-corrected chi connectivity index (χ1v) is 6.93. The van der Waals surface area contributed by atoms with E-state index in [-0.39, 0.29) is 0 Å². The summed E-state index contributed by atoms with van der Waals surface area (Å²) in [5.74, 6) is 0. The lowest BCUT2D eigenvalue weighted by molar-refractivity contribution is 1.50. The van der Waals surface area contributed by atoms with Crippen LogP contribution in [0.4, 0.5) is 0 Å². The minimum absolute atomic E-state index is 0.768. The van der Waals surface area contributed by atoms with Crippen LogP contribution in [0.2, 0.25) is 0 Å². The van der Waals surface area contributed by atoms with Gasteiger partial charge in [-0.05, 0) is 32.9 Å². The largest absolute Gasteiger partial charge is 0.255 e. The number of hydrogen-bond acceptors (Lipinski definition) is 2. The van der Waals surface area contributed by atoms with E-state index in [4.69, 9.17) is 0 Å². The average molecular weight is 262 g/mol. The van der Waals surface area contributed by atoms with Gasteiger partial charge in [0.1, 0.15) is 0 Å². The van der Waals surface area contributed by atoms with Gasteiger partial charge in [0.25, 0.3) is 0 Å². The van der Waals surface area contributed by atoms with Crippen molar-refractivity contribution < 1.29 is 0 Å². The standard InChI is InChI=1S/C13H18N2.2C2H6/c1-5-9-13(15-11-7-3)12(8-4)14-10-6-2;2*1-2/h5-11H,4H2,1-3H3;2*1-2H3/b9-5-,10-6-,11-7-,14-12?,15-13+;;. The lowest BCUT2D eigenvalue weighted by Gasteiger charge is -1.98. The monoisotopic (exact) mass is 262 g/mol. The summed E-state index contributed by atoms with van der Waals surface area (Å²) in [7, 11) is 0. The molecule has 19 heavy (non-hydrogen) atoms. The molecule has 0 aromatic heterocycles. The highest BCUT2D eigenvalue weighted by Gasteiger charge is 1.98. The van der Waals surface area contributed by atoms with Crippen molar-refractivity contribution in [1.29, 1.82) is 0 Å². The van der Waals surface area contributed by atoms with Gasteiger partial charge in [-0.3, -0.25) is 9.98 Å². The molecule has 108 valence electrons. The second kappa shape index (κ2) is 21.6. The molecule has 0 N–H and O–H groups in total. The van der Waals surface area contributed by atoms with Gasteiger partial charge < -0.3 is 0 Å². The molecule has 0 spiro atoms. The second-order valence-corrected chi connectivity index (χ2v) is 2.70. The fourth-order valence-electron chi connectivity index (χ4n) is 0.885. The second-order valence-electron chi connectivity index (χ2n) is 2.70. The lowest BCUT2D eigenvalue weighted by Crippen LogP contribution is -2.07. The zero-order chi connectivity index (χ0) is 15.5. The van der Waals surface area contributed by atoms with E-state index >= 15 is 0 Å². The van der Waals surface area contributed by atoms with E-state index in [2.05, 4.69) is 16.6 Å². The van der Waals surface area contributed by atoms with E-state index in [0.29, 0.717) is 0 Å². The molecule has 0 aliphatic heterocycles. The molecule has 0 heterocycles. The maximum Gasteiger partial charge on any atom is 0.0882 e. The Morgan fingerprint density at radius 3 is 1.47 bits per heavy atom. The van der Waals surface area contributed by atoms with Crippen LogP contribution in [0.25, 0.3) is 0 Å². The summed E-state index contributed by atoms with van der Waals surface area (Å²) >= 11 is 0. The summed E-state index contributed by atoms with van der Waals surface area (Å²) in [5.41, 5.74) is 1.58. The summed E-state index contributed by atoms with van der Waals surface area (Å²) in [6, 6.07) is 0. The third-order valence-corrected chi connectivity index (χ3v) is 1.51. The Labute approximate surface area is 120 Å². The van der Waals surface area contributed by atoms with Crippen LogP contribution in [0.5, 0.6) is 0 Å². The highest BCUT2D eigenvalue weighted by atomic mass is 14.8. The van der Waals surface area contributed by atoms with Gasteiger partial charge in [-0.1, -0.05) is 52.5 Å². The first-order chi connectivity index (χ1) is 9.29. The van der Waals surface area contributed by atoms with Crippen molar-refractivity contribution in [2.24, 2.45) is 9.98 Å². The molecule has 2 heteroatoms. The molecule has 0 aromatic rings. The van der Waals surface area contributed by atoms with Gasteiger partial charge in [0.15, 0.2) is 0 Å². The van der Waals surface area contributed by atoms with E-state index < -0.39 is 0 Å². The number of aliphatic imine (C=N–C) groups is 2. The molecule has 0 radical (unpaired) electrons. The Morgan fingerprint density at radius 1 is 0.737 bits per heavy atom. The number of rotatable bonds is 5. The van der Waals surface area contributed by atoms with Gasteiger partial charge in [-0.2, -0.15) is 0 Å². The summed E-state index contributed by atoms with van der Waals surface area (Å²) < 4.78 is 0. The summed E-state index contributed by atoms with van der Waals surface area (Å²) in [5, 5.41) is 0. The first-order valence-electron chi connectivity index (χ1n) is 6.93. The normalized spacial score (nSPS) is 12.2. The topological polar surface area (TPSA) is 24.7 Å². The molecule has 0 fully saturated rings. The Kier molecular flexibility index (Phi) is 25.5. The summed E-state index contributed by atoms with van der Waals surface area (Å²) in [4.78, 5) is 8.50. The van der Waals surface area contributed by atoms with Crippen molar-refractivity contribution in [3.05, 3.63) is 49.4 Å². The fourth-order valence-corrected chi connectivity index (χ4v) is 0.885. The molecule has 0 aliphatic rings. The summed E-state index contributed by atoms with van der Waals surface area (Å²) in [6.07, 6.45) is 12.7. The molecular formula is C17H30N2. The third-order valence-electron chi connectivity index (χ3n) is 1.51. The van der Waals surface area contributed by atoms with Crippen LogP contribution in [0.3, 0.4) is 0 Å². The maximum atomic E-state index is 4.27. The minimum Gasteiger partial charge on any atom is -0.255 e. The van der Waals surface area contributed by atoms with Crippen molar-refractivity contribution in [2.45, 2.75) is 48.5 Å². The lowest BCUT2D eigenvalue weighted by atomic mass is 10.2. The predicted molar refractivity (Wildman–Crippen MR) is 92.2 cm³/mol. The smallest absolute Gasteiger partial charge is 0.0882 e. The Balaban J connectivity index is -0.000000579. The highest BCUT2D eigenvalue weighted by Crippen LogP contribution is 1.93. The van der Waals surface area contributed by atoms with Crippen molar-refractivity contribution >= 4 is 11.4 Å². The average Bonchev–Trinajstić information content (AvgIpc) is 2.49. The molecule has 0 unspecified atom stereocenters. The van der Waals surface area contributed by atoms with Crippen LogP contribution in [-0.4, -0.2) is 11.4 Å². The quantitative estimate of drug-likeness (QED) is 0.564. The molecule has 0 bridgehead atoms. The van der Waals surface area contributed by atoms with E-state index in [1.54, 1.807) is 18.5 Å². The van der Waals surface area contributed by atoms with Crippen LogP contribution < -0.4 is 0 Å². The first kappa shape index (κ1) is 22.5. The molecule has 0 saturated carbocycles. The van der Waals surface area contributed by atoms with Crippen LogP contribution in [0, 0.1) is 0 Å². The van der Waals surface area contributed by atoms with Gasteiger partial charge in [-0.25, -0.2) is 0 Å². The molecule has 0 aliphatic carbocycles. The fraction of sp³-hybridized carbons (Fsp3) is 0.412. The highest BCUT2D eigenvalue weighted by molar-refractivity contribution is 6.50. The zero-order valence-corrected chi connectivity index (χ0v) is 13.6. The number of hydrogen-bond donors (Lipinski definition) is 0. The van der Waals surface area contributed by atoms with E-state index in [1.165, 1.54) is 0 Å². The molecule has 0 saturated heterocycles. The maximum absolute atomic E-state index is 4.27. The van der Waals surface area contributed by atoms with Gasteiger partial charge in [0.2, 0.25) is 0 Å². The van der Waals surface area contributed by atoms with Crippen LogP contribution in [0.15, 0.2) is 59.3 Å². The van der Waals surface area contributed by atoms with Crippen molar-refractivity contribution in [2.75, 3.05) is 0 Å². The molecule has 0 atom stereocenters. The number of nitrogens with zero attached hydrogens (tertiary/aromatic N) is 2. The van der Waals surface area contributed by atoms with Gasteiger partial charge in [0, 0.05) is 12.4 Å². The van der Waals surface area contributed by atoms with E-state index in [0.717, 1.165) is 11.4 Å². The zero-order valence-electron chi connectivity index (χ0n) is 13.6. The van der Waals surface area contributed by atoms with Gasteiger partial charge in [0.05, 0.1) is 11.4 Å². The van der Waals surface area contributed by atoms with Crippen LogP contribution >= 0.6 is 0 Å². The van der Waals surface area contributed by atoms with E-state index in [1.807, 2.05) is 72.8 Å². The van der Waals surface area contributed by atoms with Gasteiger partial charge in [-0.15, -0.1) is 0 Å². The molecular weight excluding hydrogens is 232 g/mol. The molecule has 0 rings (SSSR count). The summed E-state index contributed by atoms with van der Waals surface area (Å²) in [6.45, 7) is 17.5. The third kappa shape index (κ3) is 14.2. The minimum atomic E-state index is 0.768. The molecule has 0 aromatic carbocycles. The van der Waals surface area contributed by atoms with Crippen molar-refractivity contribution in [1.82, 2.24) is 0 Å². The van der Waals surface area contributed by atoms with Crippen LogP contribution in [-0.2, 0) is 0 Å². The predicted octanol–water partition coefficient (Wildman–Crippen LogP) is 5.75. The molecule has 2 nitrogen and oxygen atoms in total. The Bertz CT molecular complexity index is 329.